The second-order valence-electron chi connectivity index (χ2n) is 28.2. The van der Waals surface area contributed by atoms with Crippen molar-refractivity contribution in [2.75, 3.05) is 78.9 Å². The molecule has 24 heteroatoms. The van der Waals surface area contributed by atoms with Crippen LogP contribution in [-0.2, 0) is 28.4 Å². The monoisotopic (exact) mass is 1320 g/mol. The van der Waals surface area contributed by atoms with Crippen LogP contribution in [0.1, 0.15) is 163 Å². The van der Waals surface area contributed by atoms with Crippen molar-refractivity contribution in [1.29, 1.82) is 0 Å². The first-order valence-electron chi connectivity index (χ1n) is 32.3. The Kier molecular flexibility index (Phi) is 30.1. The highest BCUT2D eigenvalue weighted by molar-refractivity contribution is 5.92. The molecule has 0 atom stereocenters. The van der Waals surface area contributed by atoms with E-state index in [4.69, 9.17) is 56.8 Å². The maximum absolute atomic E-state index is 12.5. The Bertz CT molecular complexity index is 2770. The molecular weight excluding hydrogens is 1210 g/mol. The number of carbonyl (C=O) groups excluding carboxylic acids is 6. The number of hydrogen-bond donors (Lipinski definition) is 6. The van der Waals surface area contributed by atoms with Crippen LogP contribution >= 0.6 is 0 Å². The topological polar surface area (TPSA) is 285 Å². The second kappa shape index (κ2) is 36.3. The molecule has 94 heavy (non-hydrogen) atoms. The Morgan fingerprint density at radius 2 is 0.468 bits per heavy atom. The number of nitrogens with one attached hydrogen (secondary N) is 6. The van der Waals surface area contributed by atoms with E-state index in [1.165, 1.54) is 0 Å². The molecule has 0 fully saturated rings. The van der Waals surface area contributed by atoms with E-state index < -0.39 is 70.2 Å². The molecule has 0 aliphatic heterocycles. The fourth-order valence-electron chi connectivity index (χ4n) is 8.34. The quantitative estimate of drug-likeness (QED) is 0.0196. The van der Waals surface area contributed by atoms with Gasteiger partial charge in [0.25, 0.3) is 0 Å². The smallest absolute Gasteiger partial charge is 0.407 e. The predicted molar refractivity (Wildman–Crippen MR) is 361 cm³/mol. The molecule has 6 amide bonds. The van der Waals surface area contributed by atoms with Crippen molar-refractivity contribution < 1.29 is 85.6 Å². The predicted octanol–water partition coefficient (Wildman–Crippen LogP) is 13.9. The summed E-state index contributed by atoms with van der Waals surface area (Å²) < 4.78 is 71.6. The number of benzene rings is 4. The summed E-state index contributed by atoms with van der Waals surface area (Å²) in [4.78, 5) is 75.1. The zero-order valence-electron chi connectivity index (χ0n) is 58.8. The Balaban J connectivity index is 1.81. The Morgan fingerprint density at radius 1 is 0.266 bits per heavy atom. The standard InChI is InChI=1S/C70H106N6O18/c1-65(2,3)89-59(77)71-29-19-35-83-53-43-51(44-54(84-36-20-30-72-60(78)90-66(4,5)6)57(53)87-39-23-33-75-63(81)93-69(13,14)15)48-27-25-47-26-28-49(42-50(47)41-48)52-45-55(85-37-21-31-73-61(79)91-67(7,8)9)58(88-40-24-34-76-64(82)94-70(16,17)18)56(46-52)86-38-22-32-74-62(80)92-68(10,11)12/h25-28,41-46H,19-24,29-40H2,1-18H3,(H,71,77)(H,72,78)(H,73,79)(H,74,80)(H,75,81)(H,76,82). The van der Waals surface area contributed by atoms with E-state index in [-0.39, 0.29) is 78.9 Å². The molecule has 0 heterocycles. The van der Waals surface area contributed by atoms with E-state index >= 15 is 0 Å². The van der Waals surface area contributed by atoms with E-state index in [0.29, 0.717) is 84.1 Å². The molecule has 0 radical (unpaired) electrons. The number of carbonyl (C=O) groups is 6. The van der Waals surface area contributed by atoms with Crippen molar-refractivity contribution >= 4 is 47.3 Å². The average Bonchev–Trinajstić information content (AvgIpc) is 0.793. The van der Waals surface area contributed by atoms with Gasteiger partial charge >= 0.3 is 36.6 Å². The molecule has 0 spiro atoms. The molecule has 0 saturated heterocycles. The van der Waals surface area contributed by atoms with Gasteiger partial charge in [-0.05, 0) is 233 Å². The van der Waals surface area contributed by atoms with E-state index in [1.807, 2.05) is 60.7 Å². The van der Waals surface area contributed by atoms with Crippen molar-refractivity contribution in [2.24, 2.45) is 0 Å². The third-order valence-electron chi connectivity index (χ3n) is 12.0. The van der Waals surface area contributed by atoms with Gasteiger partial charge in [-0.25, -0.2) is 28.8 Å². The van der Waals surface area contributed by atoms with Crippen molar-refractivity contribution in [1.82, 2.24) is 31.9 Å². The average molecular weight is 1320 g/mol. The minimum Gasteiger partial charge on any atom is -0.489 e. The maximum atomic E-state index is 12.5. The number of ether oxygens (including phenoxy) is 12. The van der Waals surface area contributed by atoms with E-state index in [2.05, 4.69) is 31.9 Å². The van der Waals surface area contributed by atoms with Crippen LogP contribution in [0.15, 0.2) is 60.7 Å². The fourth-order valence-corrected chi connectivity index (χ4v) is 8.34. The van der Waals surface area contributed by atoms with Gasteiger partial charge in [0.1, 0.15) is 33.6 Å². The van der Waals surface area contributed by atoms with Crippen molar-refractivity contribution in [3.05, 3.63) is 60.7 Å². The summed E-state index contributed by atoms with van der Waals surface area (Å²) in [6.07, 6.45) is -0.876. The van der Waals surface area contributed by atoms with Crippen LogP contribution in [0.5, 0.6) is 34.5 Å². The SMILES string of the molecule is CC(C)(C)OC(=O)NCCCOc1cc(-c2ccc3ccc(-c4cc(OCCCNC(=O)OC(C)(C)C)c(OCCCNC(=O)OC(C)(C)C)c(OCCCNC(=O)OC(C)(C)C)c4)cc3c2)cc(OCCCNC(=O)OC(C)(C)C)c1OCCCNC(=O)OC(C)(C)C. The molecule has 4 rings (SSSR count). The number of rotatable bonds is 32. The van der Waals surface area contributed by atoms with Gasteiger partial charge in [-0.1, -0.05) is 24.3 Å². The van der Waals surface area contributed by atoms with Gasteiger partial charge in [-0.15, -0.1) is 0 Å². The lowest BCUT2D eigenvalue weighted by molar-refractivity contribution is 0.0512. The van der Waals surface area contributed by atoms with Crippen molar-refractivity contribution in [3.63, 3.8) is 0 Å². The van der Waals surface area contributed by atoms with E-state index in [1.54, 1.807) is 125 Å². The third-order valence-corrected chi connectivity index (χ3v) is 12.0. The highest BCUT2D eigenvalue weighted by atomic mass is 16.6. The summed E-state index contributed by atoms with van der Waals surface area (Å²) in [6, 6.07) is 19.6. The molecule has 524 valence electrons. The fraction of sp³-hybridized carbons (Fsp3) is 0.600. The molecule has 4 aromatic carbocycles. The van der Waals surface area contributed by atoms with Crippen molar-refractivity contribution in [2.45, 2.75) is 197 Å². The molecule has 0 aliphatic rings. The maximum Gasteiger partial charge on any atom is 0.407 e. The van der Waals surface area contributed by atoms with Crippen LogP contribution < -0.4 is 60.3 Å². The minimum absolute atomic E-state index is 0.150. The second-order valence-corrected chi connectivity index (χ2v) is 28.2. The summed E-state index contributed by atoms with van der Waals surface area (Å²) in [5.74, 6) is 2.04. The number of alkyl carbamates (subject to hydrolysis) is 6. The summed E-state index contributed by atoms with van der Waals surface area (Å²) in [7, 11) is 0. The molecule has 0 aliphatic carbocycles. The van der Waals surface area contributed by atoms with Crippen LogP contribution in [0.4, 0.5) is 28.8 Å². The molecule has 0 saturated carbocycles. The number of fused-ring (bicyclic) bond motifs is 1. The first-order chi connectivity index (χ1) is 43.8. The number of amides is 6. The van der Waals surface area contributed by atoms with Crippen LogP contribution in [0.25, 0.3) is 33.0 Å². The Morgan fingerprint density at radius 3 is 0.670 bits per heavy atom. The summed E-state index contributed by atoms with van der Waals surface area (Å²) in [5.41, 5.74) is -1.04. The molecule has 0 unspecified atom stereocenters. The zero-order chi connectivity index (χ0) is 69.9. The lowest BCUT2D eigenvalue weighted by Crippen LogP contribution is -2.33. The lowest BCUT2D eigenvalue weighted by atomic mass is 9.97. The van der Waals surface area contributed by atoms with Gasteiger partial charge < -0.3 is 88.7 Å². The molecule has 6 N–H and O–H groups in total. The Labute approximate surface area is 555 Å². The van der Waals surface area contributed by atoms with Gasteiger partial charge in [-0.2, -0.15) is 0 Å². The molecule has 4 aromatic rings. The summed E-state index contributed by atoms with van der Waals surface area (Å²) in [5, 5.41) is 18.4. The minimum atomic E-state index is -0.677. The number of hydrogen-bond acceptors (Lipinski definition) is 18. The first kappa shape index (κ1) is 78.0. The van der Waals surface area contributed by atoms with E-state index in [0.717, 1.165) is 21.9 Å². The highest BCUT2D eigenvalue weighted by Gasteiger charge is 2.24. The van der Waals surface area contributed by atoms with Gasteiger partial charge in [-0.3, -0.25) is 0 Å². The largest absolute Gasteiger partial charge is 0.489 e. The van der Waals surface area contributed by atoms with Crippen LogP contribution in [0.2, 0.25) is 0 Å². The Hall–Kier alpha value is -8.44. The molecule has 0 aromatic heterocycles. The van der Waals surface area contributed by atoms with Gasteiger partial charge in [0.2, 0.25) is 11.5 Å². The highest BCUT2D eigenvalue weighted by Crippen LogP contribution is 2.45. The van der Waals surface area contributed by atoms with Gasteiger partial charge in [0.05, 0.1) is 39.6 Å². The molecule has 0 bridgehead atoms. The first-order valence-corrected chi connectivity index (χ1v) is 32.3. The van der Waals surface area contributed by atoms with Crippen LogP contribution in [-0.4, -0.2) is 149 Å². The molecule has 24 nitrogen and oxygen atoms in total. The van der Waals surface area contributed by atoms with Crippen LogP contribution in [0.3, 0.4) is 0 Å². The van der Waals surface area contributed by atoms with Crippen LogP contribution in [0, 0.1) is 0 Å². The van der Waals surface area contributed by atoms with E-state index in [9.17, 15) is 28.8 Å². The lowest BCUT2D eigenvalue weighted by Gasteiger charge is -2.21. The zero-order valence-corrected chi connectivity index (χ0v) is 58.8. The summed E-state index contributed by atoms with van der Waals surface area (Å²) in [6.45, 7) is 34.7. The third kappa shape index (κ3) is 32.9. The van der Waals surface area contributed by atoms with Crippen molar-refractivity contribution in [3.8, 4) is 56.8 Å². The molecular formula is C70H106N6O18. The van der Waals surface area contributed by atoms with Gasteiger partial charge in [0, 0.05) is 39.3 Å². The normalized spacial score (nSPS) is 11.9. The summed E-state index contributed by atoms with van der Waals surface area (Å²) >= 11 is 0. The van der Waals surface area contributed by atoms with Gasteiger partial charge in [0.15, 0.2) is 23.0 Å².